The van der Waals surface area contributed by atoms with Crippen molar-refractivity contribution in [3.05, 3.63) is 29.8 Å². The minimum absolute atomic E-state index is 0.319. The molecule has 2 aliphatic heterocycles. The van der Waals surface area contributed by atoms with Crippen molar-refractivity contribution in [2.75, 3.05) is 33.3 Å². The molecule has 1 aromatic carbocycles. The number of nitrogens with one attached hydrogen (secondary N) is 2. The highest BCUT2D eigenvalue weighted by molar-refractivity contribution is 5.82. The van der Waals surface area contributed by atoms with E-state index in [-0.39, 0.29) is 6.23 Å². The summed E-state index contributed by atoms with van der Waals surface area (Å²) in [5.41, 5.74) is 0.992. The second kappa shape index (κ2) is 14.2. The second-order valence-electron chi connectivity index (χ2n) is 12.5. The summed E-state index contributed by atoms with van der Waals surface area (Å²) in [6.45, 7) is 7.86. The maximum absolute atomic E-state index is 9.64. The van der Waals surface area contributed by atoms with Crippen molar-refractivity contribution in [2.45, 2.75) is 121 Å². The van der Waals surface area contributed by atoms with Crippen LogP contribution >= 0.6 is 0 Å². The lowest BCUT2D eigenvalue weighted by Gasteiger charge is -2.44. The summed E-state index contributed by atoms with van der Waals surface area (Å²) in [7, 11) is 1.72. The molecule has 40 heavy (non-hydrogen) atoms. The maximum atomic E-state index is 9.64. The van der Waals surface area contributed by atoms with E-state index in [0.29, 0.717) is 49.3 Å². The van der Waals surface area contributed by atoms with Gasteiger partial charge in [-0.25, -0.2) is 4.99 Å². The van der Waals surface area contributed by atoms with Crippen LogP contribution in [0.4, 0.5) is 0 Å². The fourth-order valence-electron chi connectivity index (χ4n) is 7.47. The summed E-state index contributed by atoms with van der Waals surface area (Å²) >= 11 is 0. The molecular formula is C32H50N6O2. The van der Waals surface area contributed by atoms with E-state index in [2.05, 4.69) is 40.4 Å². The fraction of sp³-hybridized carbons (Fsp3) is 0.750. The van der Waals surface area contributed by atoms with Crippen molar-refractivity contribution in [3.8, 4) is 11.8 Å². The van der Waals surface area contributed by atoms with Crippen molar-refractivity contribution in [1.29, 1.82) is 5.26 Å². The van der Waals surface area contributed by atoms with Gasteiger partial charge in [-0.3, -0.25) is 9.80 Å². The highest BCUT2D eigenvalue weighted by atomic mass is 16.5. The molecule has 5 rings (SSSR count). The average molecular weight is 551 g/mol. The molecule has 4 aliphatic rings. The molecule has 7 atom stereocenters. The van der Waals surface area contributed by atoms with Crippen molar-refractivity contribution < 1.29 is 9.47 Å². The van der Waals surface area contributed by atoms with Gasteiger partial charge >= 0.3 is 0 Å². The molecule has 8 nitrogen and oxygen atoms in total. The zero-order valence-electron chi connectivity index (χ0n) is 24.9. The molecule has 2 saturated carbocycles. The molecule has 2 N–H and O–H groups in total. The first-order valence-electron chi connectivity index (χ1n) is 15.8. The Balaban J connectivity index is 1.37. The number of hydrogen-bond acceptors (Lipinski definition) is 8. The summed E-state index contributed by atoms with van der Waals surface area (Å²) in [4.78, 5) is 10.0. The predicted octanol–water partition coefficient (Wildman–Crippen LogP) is 4.62. The first kappa shape index (κ1) is 29.5. The third-order valence-corrected chi connectivity index (χ3v) is 9.60. The molecule has 0 bridgehead atoms. The van der Waals surface area contributed by atoms with Gasteiger partial charge < -0.3 is 20.1 Å². The van der Waals surface area contributed by atoms with E-state index in [1.165, 1.54) is 51.4 Å². The van der Waals surface area contributed by atoms with Gasteiger partial charge in [-0.2, -0.15) is 5.26 Å². The molecule has 3 fully saturated rings. The Labute approximate surface area is 241 Å². The lowest BCUT2D eigenvalue weighted by atomic mass is 9.87. The summed E-state index contributed by atoms with van der Waals surface area (Å²) in [5.74, 6) is 1.61. The lowest BCUT2D eigenvalue weighted by Crippen LogP contribution is -2.58. The molecule has 0 radical (unpaired) electrons. The Kier molecular flexibility index (Phi) is 10.5. The highest BCUT2D eigenvalue weighted by Gasteiger charge is 2.35. The molecule has 1 saturated heterocycles. The normalized spacial score (nSPS) is 34.6. The summed E-state index contributed by atoms with van der Waals surface area (Å²) in [6, 6.07) is 13.1. The first-order chi connectivity index (χ1) is 19.6. The van der Waals surface area contributed by atoms with Crippen LogP contribution < -0.4 is 15.4 Å². The molecular weight excluding hydrogens is 500 g/mol. The van der Waals surface area contributed by atoms with Crippen molar-refractivity contribution in [1.82, 2.24) is 20.4 Å². The van der Waals surface area contributed by atoms with Crippen LogP contribution in [-0.4, -0.2) is 85.2 Å². The van der Waals surface area contributed by atoms with E-state index in [1.54, 1.807) is 7.11 Å². The maximum Gasteiger partial charge on any atom is 0.207 e. The minimum Gasteiger partial charge on any atom is -0.441 e. The van der Waals surface area contributed by atoms with E-state index in [4.69, 9.17) is 14.5 Å². The van der Waals surface area contributed by atoms with Crippen LogP contribution in [0.2, 0.25) is 0 Å². The Morgan fingerprint density at radius 2 is 1.50 bits per heavy atom. The smallest absolute Gasteiger partial charge is 0.207 e. The van der Waals surface area contributed by atoms with E-state index in [9.17, 15) is 5.26 Å². The highest BCUT2D eigenvalue weighted by Crippen LogP contribution is 2.33. The van der Waals surface area contributed by atoms with Crippen molar-refractivity contribution >= 4 is 5.90 Å². The quantitative estimate of drug-likeness (QED) is 0.529. The van der Waals surface area contributed by atoms with Gasteiger partial charge in [0.15, 0.2) is 6.23 Å². The first-order valence-corrected chi connectivity index (χ1v) is 15.8. The number of ether oxygens (including phenoxy) is 2. The van der Waals surface area contributed by atoms with Crippen LogP contribution in [0.1, 0.15) is 89.8 Å². The third kappa shape index (κ3) is 7.24. The average Bonchev–Trinajstić information content (AvgIpc) is 2.97. The van der Waals surface area contributed by atoms with Gasteiger partial charge in [0, 0.05) is 62.0 Å². The van der Waals surface area contributed by atoms with Crippen LogP contribution in [0, 0.1) is 11.3 Å². The number of hydrogen-bond donors (Lipinski definition) is 2. The molecule has 0 aromatic heterocycles. The third-order valence-electron chi connectivity index (χ3n) is 9.60. The number of benzene rings is 1. The zero-order chi connectivity index (χ0) is 27.9. The van der Waals surface area contributed by atoms with Gasteiger partial charge in [0.2, 0.25) is 5.90 Å². The Hall–Kier alpha value is -2.02. The number of methoxy groups -OCH3 is 1. The molecule has 7 unspecified atom stereocenters. The van der Waals surface area contributed by atoms with E-state index in [0.717, 1.165) is 43.1 Å². The Bertz CT molecular complexity index is 1030. The summed E-state index contributed by atoms with van der Waals surface area (Å²) in [6.07, 6.45) is 11.6. The van der Waals surface area contributed by atoms with E-state index >= 15 is 0 Å². The SMILES string of the molecule is COC1N=C(CN2CCC(C)NC3CCCCC3N(CC#N)CCC(C)NC3CCCCC32)Oc2ccccc21. The Morgan fingerprint density at radius 1 is 0.900 bits per heavy atom. The molecule has 2 heterocycles. The van der Waals surface area contributed by atoms with Gasteiger partial charge in [-0.05, 0) is 58.4 Å². The standard InChI is InChI=1S/C32H50N6O2/c1-23-16-19-37(21-18-33)28-13-7-5-11-26(28)34-24(2)17-20-38(29-14-8-6-12-27(29)35-23)22-31-36-32(39-3)25-10-4-9-15-30(25)40-31/h4,9-10,15,23-24,26-29,32,34-35H,5-8,11-14,16-17,19-22H2,1-3H3. The number of para-hydroxylation sites is 1. The number of rotatable bonds is 4. The van der Waals surface area contributed by atoms with Crippen LogP contribution in [-0.2, 0) is 4.74 Å². The monoisotopic (exact) mass is 550 g/mol. The number of nitrogens with zero attached hydrogens (tertiary/aromatic N) is 4. The lowest BCUT2D eigenvalue weighted by molar-refractivity contribution is 0.0920. The number of aliphatic imine (C=N–C) groups is 1. The predicted molar refractivity (Wildman–Crippen MR) is 160 cm³/mol. The van der Waals surface area contributed by atoms with Crippen molar-refractivity contribution in [2.24, 2.45) is 4.99 Å². The van der Waals surface area contributed by atoms with Gasteiger partial charge in [0.1, 0.15) is 5.75 Å². The topological polar surface area (TPSA) is 85.2 Å². The number of fused-ring (bicyclic) bond motifs is 3. The van der Waals surface area contributed by atoms with Crippen molar-refractivity contribution in [3.63, 3.8) is 0 Å². The fourth-order valence-corrected chi connectivity index (χ4v) is 7.47. The van der Waals surface area contributed by atoms with E-state index in [1.807, 2.05) is 24.3 Å². The summed E-state index contributed by atoms with van der Waals surface area (Å²) < 4.78 is 12.1. The molecule has 220 valence electrons. The number of nitriles is 1. The zero-order valence-corrected chi connectivity index (χ0v) is 24.9. The second-order valence-corrected chi connectivity index (χ2v) is 12.5. The van der Waals surface area contributed by atoms with Gasteiger partial charge in [-0.15, -0.1) is 0 Å². The van der Waals surface area contributed by atoms with Crippen LogP contribution in [0.25, 0.3) is 0 Å². The molecule has 2 aliphatic carbocycles. The van der Waals surface area contributed by atoms with Gasteiger partial charge in [0.25, 0.3) is 0 Å². The minimum atomic E-state index is -0.319. The summed E-state index contributed by atoms with van der Waals surface area (Å²) in [5, 5.41) is 17.7. The van der Waals surface area contributed by atoms with Gasteiger partial charge in [-0.1, -0.05) is 43.9 Å². The van der Waals surface area contributed by atoms with Crippen LogP contribution in [0.3, 0.4) is 0 Å². The molecule has 0 spiro atoms. The van der Waals surface area contributed by atoms with E-state index < -0.39 is 0 Å². The van der Waals surface area contributed by atoms with Gasteiger partial charge in [0.05, 0.1) is 19.2 Å². The van der Waals surface area contributed by atoms with Crippen LogP contribution in [0.15, 0.2) is 29.3 Å². The molecule has 8 heteroatoms. The van der Waals surface area contributed by atoms with Crippen LogP contribution in [0.5, 0.6) is 5.75 Å². The molecule has 0 amide bonds. The Morgan fingerprint density at radius 3 is 2.15 bits per heavy atom. The molecule has 1 aromatic rings. The largest absolute Gasteiger partial charge is 0.441 e.